The number of allylic oxidation sites excluding steroid dienone is 4. The third kappa shape index (κ3) is 4.79. The van der Waals surface area contributed by atoms with Gasteiger partial charge >= 0.3 is 0 Å². The summed E-state index contributed by atoms with van der Waals surface area (Å²) in [5, 5.41) is 7.54. The molecule has 0 aliphatic heterocycles. The van der Waals surface area contributed by atoms with Crippen molar-refractivity contribution in [1.29, 1.82) is 0 Å². The molecule has 0 saturated heterocycles. The summed E-state index contributed by atoms with van der Waals surface area (Å²) in [6.45, 7) is 0. The van der Waals surface area contributed by atoms with Crippen LogP contribution in [0.15, 0.2) is 200 Å². The molecule has 0 bridgehead atoms. The lowest BCUT2D eigenvalue weighted by Gasteiger charge is -2.29. The van der Waals surface area contributed by atoms with Gasteiger partial charge in [-0.1, -0.05) is 140 Å². The summed E-state index contributed by atoms with van der Waals surface area (Å²) in [6, 6.07) is 67.1. The SMILES string of the molecule is C1=CCCC(c2cc(-c3ccccc3)cc(N(c3cccc4c3c3ccccc3n4-c3ccccc3)c3cccc4c5cccc6c7ccccc7n(c34)c65)c2)=C1. The molecule has 8 aromatic carbocycles. The van der Waals surface area contributed by atoms with E-state index in [0.717, 1.165) is 35.6 Å². The maximum atomic E-state index is 2.56. The highest BCUT2D eigenvalue weighted by atomic mass is 15.2. The first kappa shape index (κ1) is 31.9. The molecule has 268 valence electrons. The molecule has 1 aliphatic carbocycles. The second-order valence-corrected chi connectivity index (χ2v) is 15.2. The van der Waals surface area contributed by atoms with E-state index in [4.69, 9.17) is 0 Å². The first-order valence-corrected chi connectivity index (χ1v) is 19.9. The second kappa shape index (κ2) is 12.6. The van der Waals surface area contributed by atoms with Crippen LogP contribution in [0.1, 0.15) is 18.4 Å². The largest absolute Gasteiger partial charge is 0.309 e. The van der Waals surface area contributed by atoms with Crippen molar-refractivity contribution >= 4 is 82.5 Å². The zero-order valence-corrected chi connectivity index (χ0v) is 31.3. The monoisotopic (exact) mass is 727 g/mol. The van der Waals surface area contributed by atoms with E-state index in [9.17, 15) is 0 Å². The minimum atomic E-state index is 1.01. The molecule has 0 atom stereocenters. The highest BCUT2D eigenvalue weighted by Gasteiger charge is 2.26. The number of hydrogen-bond donors (Lipinski definition) is 0. The van der Waals surface area contributed by atoms with Crippen LogP contribution in [-0.4, -0.2) is 8.97 Å². The lowest BCUT2D eigenvalue weighted by atomic mass is 9.93. The number of rotatable bonds is 6. The summed E-state index contributed by atoms with van der Waals surface area (Å²) in [5.74, 6) is 0. The number of nitrogens with zero attached hydrogens (tertiary/aromatic N) is 3. The van der Waals surface area contributed by atoms with E-state index in [-0.39, 0.29) is 0 Å². The summed E-state index contributed by atoms with van der Waals surface area (Å²) in [6.07, 6.45) is 8.84. The molecule has 3 heterocycles. The molecule has 3 heteroatoms. The van der Waals surface area contributed by atoms with Gasteiger partial charge in [-0.15, -0.1) is 0 Å². The van der Waals surface area contributed by atoms with Crippen LogP contribution in [0.25, 0.3) is 82.3 Å². The van der Waals surface area contributed by atoms with Crippen LogP contribution < -0.4 is 4.90 Å². The third-order valence-corrected chi connectivity index (χ3v) is 12.1. The number of para-hydroxylation sites is 5. The van der Waals surface area contributed by atoms with Gasteiger partial charge in [0.1, 0.15) is 0 Å². The van der Waals surface area contributed by atoms with Crippen LogP contribution in [0, 0.1) is 0 Å². The Labute approximate surface area is 330 Å². The molecule has 0 saturated carbocycles. The van der Waals surface area contributed by atoms with Gasteiger partial charge < -0.3 is 13.9 Å². The van der Waals surface area contributed by atoms with Crippen molar-refractivity contribution in [3.63, 3.8) is 0 Å². The number of fused-ring (bicyclic) bond motifs is 9. The predicted molar refractivity (Wildman–Crippen MR) is 242 cm³/mol. The fourth-order valence-electron chi connectivity index (χ4n) is 9.65. The molecule has 0 spiro atoms. The fourth-order valence-corrected chi connectivity index (χ4v) is 9.65. The van der Waals surface area contributed by atoms with E-state index in [1.165, 1.54) is 82.2 Å². The Balaban J connectivity index is 1.25. The van der Waals surface area contributed by atoms with Gasteiger partial charge in [0.15, 0.2) is 0 Å². The van der Waals surface area contributed by atoms with Gasteiger partial charge in [0.2, 0.25) is 0 Å². The van der Waals surface area contributed by atoms with Crippen molar-refractivity contribution in [1.82, 2.24) is 8.97 Å². The molecule has 57 heavy (non-hydrogen) atoms. The van der Waals surface area contributed by atoms with Crippen LogP contribution in [0.4, 0.5) is 17.1 Å². The van der Waals surface area contributed by atoms with E-state index in [1.807, 2.05) is 0 Å². The molecule has 0 fully saturated rings. The van der Waals surface area contributed by atoms with Gasteiger partial charge in [-0.05, 0) is 95.8 Å². The minimum absolute atomic E-state index is 1.01. The quantitative estimate of drug-likeness (QED) is 0.166. The van der Waals surface area contributed by atoms with Gasteiger partial charge in [0.25, 0.3) is 0 Å². The van der Waals surface area contributed by atoms with Crippen LogP contribution in [0.3, 0.4) is 0 Å². The second-order valence-electron chi connectivity index (χ2n) is 15.2. The summed E-state index contributed by atoms with van der Waals surface area (Å²) < 4.78 is 4.95. The van der Waals surface area contributed by atoms with Gasteiger partial charge in [-0.2, -0.15) is 0 Å². The lowest BCUT2D eigenvalue weighted by Crippen LogP contribution is -2.12. The van der Waals surface area contributed by atoms with E-state index in [2.05, 4.69) is 214 Å². The number of hydrogen-bond acceptors (Lipinski definition) is 1. The molecular weight excluding hydrogens is 691 g/mol. The number of benzene rings is 8. The van der Waals surface area contributed by atoms with Crippen molar-refractivity contribution in [3.8, 4) is 16.8 Å². The average molecular weight is 728 g/mol. The molecule has 3 aromatic heterocycles. The van der Waals surface area contributed by atoms with Crippen LogP contribution in [0.2, 0.25) is 0 Å². The third-order valence-electron chi connectivity index (χ3n) is 12.1. The summed E-state index contributed by atoms with van der Waals surface area (Å²) >= 11 is 0. The molecule has 0 radical (unpaired) electrons. The number of anilines is 3. The normalized spacial score (nSPS) is 13.2. The Kier molecular flexibility index (Phi) is 7.05. The topological polar surface area (TPSA) is 12.6 Å². The molecule has 12 rings (SSSR count). The standard InChI is InChI=1S/C54H37N3/c1-4-17-36(18-5-1)38-33-39(37-19-6-2-7-20-37)35-41(34-38)56(50-31-16-30-49-52(50)46-24-11-13-29-48(46)55(49)40-21-8-3-9-22-40)51-32-15-27-45-44-26-14-25-43-42-23-10-12-28-47(42)57(53(43)44)54(45)51/h1-6,8-19,21-35H,7,20H2. The summed E-state index contributed by atoms with van der Waals surface area (Å²) in [7, 11) is 0. The van der Waals surface area contributed by atoms with Crippen molar-refractivity contribution in [3.05, 3.63) is 206 Å². The van der Waals surface area contributed by atoms with Crippen molar-refractivity contribution < 1.29 is 0 Å². The zero-order chi connectivity index (χ0) is 37.5. The van der Waals surface area contributed by atoms with Crippen molar-refractivity contribution in [2.24, 2.45) is 0 Å². The van der Waals surface area contributed by atoms with E-state index in [1.54, 1.807) is 0 Å². The Morgan fingerprint density at radius 2 is 1.05 bits per heavy atom. The van der Waals surface area contributed by atoms with Crippen molar-refractivity contribution in [2.45, 2.75) is 12.8 Å². The zero-order valence-electron chi connectivity index (χ0n) is 31.3. The molecule has 1 aliphatic rings. The van der Waals surface area contributed by atoms with E-state index >= 15 is 0 Å². The van der Waals surface area contributed by atoms with Crippen molar-refractivity contribution in [2.75, 3.05) is 4.90 Å². The highest BCUT2D eigenvalue weighted by molar-refractivity contribution is 6.26. The summed E-state index contributed by atoms with van der Waals surface area (Å²) in [5.41, 5.74) is 15.7. The van der Waals surface area contributed by atoms with Crippen LogP contribution >= 0.6 is 0 Å². The highest BCUT2D eigenvalue weighted by Crippen LogP contribution is 2.49. The van der Waals surface area contributed by atoms with Gasteiger partial charge in [-0.3, -0.25) is 0 Å². The number of aromatic nitrogens is 2. The minimum Gasteiger partial charge on any atom is -0.309 e. The summed E-state index contributed by atoms with van der Waals surface area (Å²) in [4.78, 5) is 2.56. The maximum Gasteiger partial charge on any atom is 0.0782 e. The lowest BCUT2D eigenvalue weighted by molar-refractivity contribution is 1.05. The van der Waals surface area contributed by atoms with Gasteiger partial charge in [0, 0.05) is 43.7 Å². The Bertz CT molecular complexity index is 3400. The smallest absolute Gasteiger partial charge is 0.0782 e. The first-order valence-electron chi connectivity index (χ1n) is 19.9. The van der Waals surface area contributed by atoms with Crippen LogP contribution in [-0.2, 0) is 0 Å². The van der Waals surface area contributed by atoms with E-state index in [0.29, 0.717) is 0 Å². The Hall–Kier alpha value is -7.36. The fraction of sp³-hybridized carbons (Fsp3) is 0.0370. The predicted octanol–water partition coefficient (Wildman–Crippen LogP) is 14.8. The Morgan fingerprint density at radius 1 is 0.439 bits per heavy atom. The van der Waals surface area contributed by atoms with E-state index < -0.39 is 0 Å². The molecule has 11 aromatic rings. The molecule has 0 unspecified atom stereocenters. The Morgan fingerprint density at radius 3 is 1.86 bits per heavy atom. The van der Waals surface area contributed by atoms with Crippen LogP contribution in [0.5, 0.6) is 0 Å². The first-order chi connectivity index (χ1) is 28.3. The van der Waals surface area contributed by atoms with Gasteiger partial charge in [-0.25, -0.2) is 0 Å². The molecular formula is C54H37N3. The average Bonchev–Trinajstić information content (AvgIpc) is 3.93. The maximum absolute atomic E-state index is 2.56. The molecule has 0 N–H and O–H groups in total. The van der Waals surface area contributed by atoms with Gasteiger partial charge in [0.05, 0.1) is 39.0 Å². The molecule has 3 nitrogen and oxygen atoms in total. The molecule has 0 amide bonds.